The number of aromatic nitrogens is 3. The number of thiophene rings is 1. The first-order chi connectivity index (χ1) is 6.75. The van der Waals surface area contributed by atoms with E-state index in [2.05, 4.69) is 15.0 Å². The van der Waals surface area contributed by atoms with Gasteiger partial charge >= 0.3 is 5.97 Å². The van der Waals surface area contributed by atoms with Gasteiger partial charge in [-0.15, -0.1) is 11.3 Å². The third-order valence-electron chi connectivity index (χ3n) is 2.06. The summed E-state index contributed by atoms with van der Waals surface area (Å²) in [6, 6.07) is 1.62. The highest BCUT2D eigenvalue weighted by Crippen LogP contribution is 2.30. The first-order valence-corrected chi connectivity index (χ1v) is 4.75. The maximum atomic E-state index is 10.7. The van der Waals surface area contributed by atoms with Crippen molar-refractivity contribution in [1.82, 2.24) is 15.0 Å². The lowest BCUT2D eigenvalue weighted by molar-refractivity contribution is 0.0702. The molecule has 0 fully saturated rings. The van der Waals surface area contributed by atoms with Gasteiger partial charge in [-0.05, 0) is 6.07 Å². The van der Waals surface area contributed by atoms with Gasteiger partial charge in [0.05, 0.1) is 16.5 Å². The average Bonchev–Trinajstić information content (AvgIpc) is 2.70. The molecule has 3 aromatic rings. The predicted molar refractivity (Wildman–Crippen MR) is 52.8 cm³/mol. The van der Waals surface area contributed by atoms with Crippen molar-refractivity contribution in [3.05, 3.63) is 17.3 Å². The maximum Gasteiger partial charge on any atom is 0.345 e. The molecule has 14 heavy (non-hydrogen) atoms. The monoisotopic (exact) mass is 207 g/mol. The van der Waals surface area contributed by atoms with Crippen LogP contribution >= 0.6 is 11.3 Å². The third-order valence-corrected chi connectivity index (χ3v) is 3.20. The van der Waals surface area contributed by atoms with E-state index in [0.29, 0.717) is 4.88 Å². The molecule has 0 bridgehead atoms. The Morgan fingerprint density at radius 3 is 3.21 bits per heavy atom. The van der Waals surface area contributed by atoms with Gasteiger partial charge < -0.3 is 15.1 Å². The number of fused-ring (bicyclic) bond motifs is 3. The van der Waals surface area contributed by atoms with Crippen LogP contribution in [-0.4, -0.2) is 26.0 Å². The number of nitrogens with zero attached hydrogens (tertiary/aromatic N) is 1. The van der Waals surface area contributed by atoms with Crippen molar-refractivity contribution >= 4 is 38.7 Å². The van der Waals surface area contributed by atoms with Crippen LogP contribution in [0.2, 0.25) is 0 Å². The Bertz CT molecular complexity index is 633. The van der Waals surface area contributed by atoms with Crippen LogP contribution in [0.5, 0.6) is 0 Å². The van der Waals surface area contributed by atoms with Crippen LogP contribution in [0.15, 0.2) is 12.4 Å². The zero-order valence-electron chi connectivity index (χ0n) is 6.87. The Morgan fingerprint density at radius 1 is 1.57 bits per heavy atom. The molecule has 0 aliphatic rings. The maximum absolute atomic E-state index is 10.7. The summed E-state index contributed by atoms with van der Waals surface area (Å²) in [5, 5.41) is 8.80. The second kappa shape index (κ2) is 2.36. The second-order valence-corrected chi connectivity index (χ2v) is 3.96. The average molecular weight is 207 g/mol. The van der Waals surface area contributed by atoms with Gasteiger partial charge in [-0.25, -0.2) is 9.78 Å². The quantitative estimate of drug-likeness (QED) is 0.569. The van der Waals surface area contributed by atoms with Crippen LogP contribution in [0.3, 0.4) is 0 Å². The molecule has 0 aliphatic carbocycles. The molecule has 0 aliphatic heterocycles. The van der Waals surface area contributed by atoms with E-state index >= 15 is 0 Å². The van der Waals surface area contributed by atoms with Crippen LogP contribution < -0.4 is 0 Å². The number of hydrogen-bond donors (Lipinski definition) is 3. The standard InChI is InChI=1S/C8H5N3O2S/c12-8(13)4-1-3-6(14-4)5-7(11-3)10-2-9-5/h1-2,11H,(H,9,10)(H,12,13). The molecule has 0 amide bonds. The lowest BCUT2D eigenvalue weighted by Crippen LogP contribution is -1.89. The molecular weight excluding hydrogens is 202 g/mol. The summed E-state index contributed by atoms with van der Waals surface area (Å²) in [7, 11) is 0. The predicted octanol–water partition coefficient (Wildman–Crippen LogP) is 1.80. The number of hydrogen-bond acceptors (Lipinski definition) is 3. The van der Waals surface area contributed by atoms with Crippen molar-refractivity contribution in [1.29, 1.82) is 0 Å². The van der Waals surface area contributed by atoms with E-state index in [1.54, 1.807) is 12.4 Å². The number of nitrogens with one attached hydrogen (secondary N) is 2. The number of aromatic carboxylic acids is 1. The number of aromatic amines is 2. The molecule has 0 atom stereocenters. The molecule has 6 heteroatoms. The number of H-pyrrole nitrogens is 2. The van der Waals surface area contributed by atoms with Gasteiger partial charge in [0.15, 0.2) is 5.65 Å². The largest absolute Gasteiger partial charge is 0.477 e. The summed E-state index contributed by atoms with van der Waals surface area (Å²) in [6.45, 7) is 0. The van der Waals surface area contributed by atoms with E-state index in [1.807, 2.05) is 0 Å². The van der Waals surface area contributed by atoms with E-state index in [9.17, 15) is 4.79 Å². The van der Waals surface area contributed by atoms with Crippen LogP contribution in [0, 0.1) is 0 Å². The zero-order valence-corrected chi connectivity index (χ0v) is 7.68. The fraction of sp³-hybridized carbons (Fsp3) is 0. The van der Waals surface area contributed by atoms with E-state index < -0.39 is 5.97 Å². The molecule has 5 nitrogen and oxygen atoms in total. The van der Waals surface area contributed by atoms with Crippen LogP contribution in [0.4, 0.5) is 0 Å². The molecule has 0 unspecified atom stereocenters. The number of carboxylic acids is 1. The summed E-state index contributed by atoms with van der Waals surface area (Å²) in [5.41, 5.74) is 2.46. The molecule has 70 valence electrons. The van der Waals surface area contributed by atoms with E-state index in [1.165, 1.54) is 11.3 Å². The first-order valence-electron chi connectivity index (χ1n) is 3.93. The van der Waals surface area contributed by atoms with Gasteiger partial charge in [0.1, 0.15) is 10.4 Å². The molecule has 0 aromatic carbocycles. The minimum Gasteiger partial charge on any atom is -0.477 e. The van der Waals surface area contributed by atoms with Crippen molar-refractivity contribution in [3.8, 4) is 0 Å². The smallest absolute Gasteiger partial charge is 0.345 e. The molecule has 0 saturated carbocycles. The minimum absolute atomic E-state index is 0.336. The Morgan fingerprint density at radius 2 is 2.43 bits per heavy atom. The van der Waals surface area contributed by atoms with Crippen LogP contribution in [-0.2, 0) is 0 Å². The van der Waals surface area contributed by atoms with Crippen molar-refractivity contribution in [2.24, 2.45) is 0 Å². The summed E-state index contributed by atoms with van der Waals surface area (Å²) < 4.78 is 0.912. The van der Waals surface area contributed by atoms with Gasteiger partial charge in [0.2, 0.25) is 0 Å². The molecule has 0 radical (unpaired) electrons. The number of rotatable bonds is 1. The van der Waals surface area contributed by atoms with Crippen molar-refractivity contribution in [2.75, 3.05) is 0 Å². The Hall–Kier alpha value is -1.82. The highest BCUT2D eigenvalue weighted by Gasteiger charge is 2.13. The number of imidazole rings is 1. The summed E-state index contributed by atoms with van der Waals surface area (Å²) >= 11 is 1.24. The minimum atomic E-state index is -0.896. The molecule has 0 saturated heterocycles. The lowest BCUT2D eigenvalue weighted by atomic mass is 10.4. The lowest BCUT2D eigenvalue weighted by Gasteiger charge is -1.81. The fourth-order valence-electron chi connectivity index (χ4n) is 1.46. The third kappa shape index (κ3) is 0.828. The Kier molecular flexibility index (Phi) is 1.27. The fourth-order valence-corrected chi connectivity index (χ4v) is 2.43. The summed E-state index contributed by atoms with van der Waals surface area (Å²) in [6.07, 6.45) is 1.58. The van der Waals surface area contributed by atoms with Crippen molar-refractivity contribution in [2.45, 2.75) is 0 Å². The topological polar surface area (TPSA) is 81.8 Å². The van der Waals surface area contributed by atoms with Crippen LogP contribution in [0.25, 0.3) is 21.4 Å². The molecular formula is C8H5N3O2S. The molecule has 3 heterocycles. The van der Waals surface area contributed by atoms with E-state index in [-0.39, 0.29) is 0 Å². The Balaban J connectivity index is 2.43. The van der Waals surface area contributed by atoms with E-state index in [0.717, 1.165) is 21.4 Å². The number of carboxylic acid groups (broad SMARTS) is 1. The number of carbonyl (C=O) groups is 1. The van der Waals surface area contributed by atoms with Crippen molar-refractivity contribution < 1.29 is 9.90 Å². The molecule has 0 spiro atoms. The Labute approximate surface area is 81.4 Å². The molecule has 3 aromatic heterocycles. The van der Waals surface area contributed by atoms with Crippen molar-refractivity contribution in [3.63, 3.8) is 0 Å². The normalized spacial score (nSPS) is 11.4. The summed E-state index contributed by atoms with van der Waals surface area (Å²) in [5.74, 6) is -0.896. The highest BCUT2D eigenvalue weighted by atomic mass is 32.1. The first kappa shape index (κ1) is 7.57. The van der Waals surface area contributed by atoms with E-state index in [4.69, 9.17) is 5.11 Å². The molecule has 3 N–H and O–H groups in total. The van der Waals surface area contributed by atoms with Gasteiger partial charge in [-0.1, -0.05) is 0 Å². The highest BCUT2D eigenvalue weighted by molar-refractivity contribution is 7.21. The van der Waals surface area contributed by atoms with Gasteiger partial charge in [0, 0.05) is 0 Å². The SMILES string of the molecule is O=C(O)c1cc2[nH]c3nc[nH]c3c2s1. The second-order valence-electron chi connectivity index (χ2n) is 2.91. The molecule has 3 rings (SSSR count). The van der Waals surface area contributed by atoms with Gasteiger partial charge in [-0.3, -0.25) is 0 Å². The van der Waals surface area contributed by atoms with Crippen LogP contribution in [0.1, 0.15) is 9.67 Å². The zero-order chi connectivity index (χ0) is 9.71. The van der Waals surface area contributed by atoms with Gasteiger partial charge in [0.25, 0.3) is 0 Å². The summed E-state index contributed by atoms with van der Waals surface area (Å²) in [4.78, 5) is 21.1. The van der Waals surface area contributed by atoms with Gasteiger partial charge in [-0.2, -0.15) is 0 Å².